The number of aliphatic carboxylic acids is 1. The molecule has 0 aliphatic carbocycles. The van der Waals surface area contributed by atoms with Gasteiger partial charge < -0.3 is 10.8 Å². The van der Waals surface area contributed by atoms with Gasteiger partial charge in [-0.15, -0.1) is 0 Å². The number of carboxylic acids is 1. The highest BCUT2D eigenvalue weighted by molar-refractivity contribution is 6.14. The molecule has 0 saturated carbocycles. The van der Waals surface area contributed by atoms with Crippen molar-refractivity contribution in [3.63, 3.8) is 0 Å². The molecule has 0 radical (unpaired) electrons. The Bertz CT molecular complexity index is 465. The van der Waals surface area contributed by atoms with Gasteiger partial charge in [-0.1, -0.05) is 50.3 Å². The van der Waals surface area contributed by atoms with E-state index in [1.807, 2.05) is 30.3 Å². The molecule has 1 aromatic carbocycles. The van der Waals surface area contributed by atoms with Gasteiger partial charge in [0.15, 0.2) is 11.3 Å². The molecule has 0 amide bonds. The smallest absolute Gasteiger partial charge is 0.332 e. The van der Waals surface area contributed by atoms with E-state index in [-0.39, 0.29) is 0 Å². The van der Waals surface area contributed by atoms with E-state index in [0.29, 0.717) is 0 Å². The topological polar surface area (TPSA) is 80.4 Å². The first-order chi connectivity index (χ1) is 8.39. The fraction of sp³-hybridized carbons (Fsp3) is 0.286. The van der Waals surface area contributed by atoms with Crippen molar-refractivity contribution in [2.24, 2.45) is 11.7 Å². The summed E-state index contributed by atoms with van der Waals surface area (Å²) in [7, 11) is 0. The average molecular weight is 247 g/mol. The van der Waals surface area contributed by atoms with Gasteiger partial charge in [-0.3, -0.25) is 4.79 Å². The standard InChI is InChI=1S/C14H17NO3/c1-10(2)14(15,13(17)18)12(16)9-8-11-6-4-3-5-7-11/h3-10H,15H2,1-2H3,(H,17,18)/t14-/m1/s1. The number of hydrogen-bond acceptors (Lipinski definition) is 3. The van der Waals surface area contributed by atoms with Crippen LogP contribution >= 0.6 is 0 Å². The molecule has 4 nitrogen and oxygen atoms in total. The van der Waals surface area contributed by atoms with E-state index < -0.39 is 23.2 Å². The van der Waals surface area contributed by atoms with Crippen molar-refractivity contribution in [1.29, 1.82) is 0 Å². The highest BCUT2D eigenvalue weighted by atomic mass is 16.4. The van der Waals surface area contributed by atoms with Gasteiger partial charge >= 0.3 is 5.97 Å². The number of rotatable bonds is 5. The maximum atomic E-state index is 11.9. The van der Waals surface area contributed by atoms with E-state index in [1.54, 1.807) is 19.9 Å². The third-order valence-electron chi connectivity index (χ3n) is 2.90. The summed E-state index contributed by atoms with van der Waals surface area (Å²) in [6, 6.07) is 9.16. The molecule has 0 unspecified atom stereocenters. The second kappa shape index (κ2) is 5.60. The summed E-state index contributed by atoms with van der Waals surface area (Å²) in [6.45, 7) is 3.23. The zero-order valence-corrected chi connectivity index (χ0v) is 10.5. The second-order valence-corrected chi connectivity index (χ2v) is 4.44. The van der Waals surface area contributed by atoms with Crippen molar-refractivity contribution in [2.75, 3.05) is 0 Å². The predicted molar refractivity (Wildman–Crippen MR) is 69.9 cm³/mol. The van der Waals surface area contributed by atoms with Crippen LogP contribution in [0.15, 0.2) is 36.4 Å². The van der Waals surface area contributed by atoms with Gasteiger partial charge in [0, 0.05) is 0 Å². The first-order valence-corrected chi connectivity index (χ1v) is 5.69. The molecule has 0 aliphatic rings. The van der Waals surface area contributed by atoms with Crippen molar-refractivity contribution < 1.29 is 14.7 Å². The average Bonchev–Trinajstić information content (AvgIpc) is 2.35. The third kappa shape index (κ3) is 2.84. The van der Waals surface area contributed by atoms with Crippen molar-refractivity contribution in [2.45, 2.75) is 19.4 Å². The van der Waals surface area contributed by atoms with Crippen LogP contribution in [-0.4, -0.2) is 22.4 Å². The van der Waals surface area contributed by atoms with Gasteiger partial charge in [0.05, 0.1) is 0 Å². The lowest BCUT2D eigenvalue weighted by Crippen LogP contribution is -2.58. The molecule has 1 aromatic rings. The molecular formula is C14H17NO3. The van der Waals surface area contributed by atoms with Crippen LogP contribution in [0.25, 0.3) is 6.08 Å². The fourth-order valence-electron chi connectivity index (χ4n) is 1.51. The highest BCUT2D eigenvalue weighted by Crippen LogP contribution is 2.17. The maximum absolute atomic E-state index is 11.9. The predicted octanol–water partition coefficient (Wildman–Crippen LogP) is 1.71. The van der Waals surface area contributed by atoms with Crippen molar-refractivity contribution >= 4 is 17.8 Å². The lowest BCUT2D eigenvalue weighted by Gasteiger charge is -2.25. The zero-order valence-electron chi connectivity index (χ0n) is 10.5. The number of ketones is 1. The van der Waals surface area contributed by atoms with Gasteiger partial charge in [-0.2, -0.15) is 0 Å². The second-order valence-electron chi connectivity index (χ2n) is 4.44. The Labute approximate surface area is 106 Å². The van der Waals surface area contributed by atoms with Gasteiger partial charge in [0.2, 0.25) is 0 Å². The molecule has 18 heavy (non-hydrogen) atoms. The van der Waals surface area contributed by atoms with E-state index in [1.165, 1.54) is 6.08 Å². The first kappa shape index (κ1) is 14.1. The van der Waals surface area contributed by atoms with Crippen molar-refractivity contribution in [3.05, 3.63) is 42.0 Å². The largest absolute Gasteiger partial charge is 0.480 e. The van der Waals surface area contributed by atoms with Crippen LogP contribution in [-0.2, 0) is 9.59 Å². The molecule has 4 heteroatoms. The summed E-state index contributed by atoms with van der Waals surface area (Å²) in [6.07, 6.45) is 2.79. The quantitative estimate of drug-likeness (QED) is 0.613. The Kier molecular flexibility index (Phi) is 4.39. The SMILES string of the molecule is CC(C)[C@](N)(C(=O)O)C(=O)C=Cc1ccccc1. The van der Waals surface area contributed by atoms with Gasteiger partial charge in [-0.25, -0.2) is 4.79 Å². The number of carbonyl (C=O) groups excluding carboxylic acids is 1. The lowest BCUT2D eigenvalue weighted by atomic mass is 9.83. The summed E-state index contributed by atoms with van der Waals surface area (Å²) in [5.41, 5.74) is 4.64. The van der Waals surface area contributed by atoms with E-state index in [9.17, 15) is 9.59 Å². The minimum absolute atomic E-state index is 0.483. The molecule has 0 saturated heterocycles. The zero-order chi connectivity index (χ0) is 13.8. The highest BCUT2D eigenvalue weighted by Gasteiger charge is 2.43. The van der Waals surface area contributed by atoms with E-state index in [2.05, 4.69) is 0 Å². The Morgan fingerprint density at radius 2 is 1.83 bits per heavy atom. The van der Waals surface area contributed by atoms with Crippen LogP contribution in [0, 0.1) is 5.92 Å². The Hall–Kier alpha value is -1.94. The molecule has 0 aromatic heterocycles. The van der Waals surface area contributed by atoms with E-state index >= 15 is 0 Å². The number of hydrogen-bond donors (Lipinski definition) is 2. The summed E-state index contributed by atoms with van der Waals surface area (Å²) >= 11 is 0. The number of nitrogens with two attached hydrogens (primary N) is 1. The molecule has 96 valence electrons. The molecule has 0 spiro atoms. The van der Waals surface area contributed by atoms with Crippen molar-refractivity contribution in [3.8, 4) is 0 Å². The number of benzene rings is 1. The van der Waals surface area contributed by atoms with Crippen LogP contribution in [0.1, 0.15) is 19.4 Å². The van der Waals surface area contributed by atoms with Crippen LogP contribution in [0.3, 0.4) is 0 Å². The van der Waals surface area contributed by atoms with Gasteiger partial charge in [0.25, 0.3) is 0 Å². The minimum Gasteiger partial charge on any atom is -0.480 e. The molecular weight excluding hydrogens is 230 g/mol. The fourth-order valence-corrected chi connectivity index (χ4v) is 1.51. The van der Waals surface area contributed by atoms with Crippen LogP contribution in [0.4, 0.5) is 0 Å². The van der Waals surface area contributed by atoms with Crippen molar-refractivity contribution in [1.82, 2.24) is 0 Å². The van der Waals surface area contributed by atoms with Crippen LogP contribution in [0.5, 0.6) is 0 Å². The minimum atomic E-state index is -1.87. The molecule has 0 bridgehead atoms. The van der Waals surface area contributed by atoms with E-state index in [0.717, 1.165) is 5.56 Å². The summed E-state index contributed by atoms with van der Waals surface area (Å²) in [4.78, 5) is 23.1. The molecule has 3 N–H and O–H groups in total. The van der Waals surface area contributed by atoms with Gasteiger partial charge in [0.1, 0.15) is 0 Å². The Balaban J connectivity index is 2.94. The number of carboxylic acid groups (broad SMARTS) is 1. The molecule has 1 atom stereocenters. The van der Waals surface area contributed by atoms with Crippen LogP contribution in [0.2, 0.25) is 0 Å². The first-order valence-electron chi connectivity index (χ1n) is 5.69. The summed E-state index contributed by atoms with van der Waals surface area (Å²) in [5, 5.41) is 9.09. The molecule has 1 rings (SSSR count). The van der Waals surface area contributed by atoms with E-state index in [4.69, 9.17) is 10.8 Å². The number of carbonyl (C=O) groups is 2. The molecule has 0 aliphatic heterocycles. The monoisotopic (exact) mass is 247 g/mol. The summed E-state index contributed by atoms with van der Waals surface area (Å²) < 4.78 is 0. The Morgan fingerprint density at radius 3 is 2.28 bits per heavy atom. The normalized spacial score (nSPS) is 14.7. The maximum Gasteiger partial charge on any atom is 0.332 e. The lowest BCUT2D eigenvalue weighted by molar-refractivity contribution is -0.149. The van der Waals surface area contributed by atoms with Crippen LogP contribution < -0.4 is 5.73 Å². The summed E-state index contributed by atoms with van der Waals surface area (Å²) in [5.74, 6) is -2.39. The Morgan fingerprint density at radius 1 is 1.28 bits per heavy atom. The van der Waals surface area contributed by atoms with Gasteiger partial charge in [-0.05, 0) is 17.6 Å². The molecule has 0 fully saturated rings. The third-order valence-corrected chi connectivity index (χ3v) is 2.90. The molecule has 0 heterocycles.